The van der Waals surface area contributed by atoms with Gasteiger partial charge in [-0.25, -0.2) is 0 Å². The number of methoxy groups -OCH3 is 1. The van der Waals surface area contributed by atoms with E-state index in [0.29, 0.717) is 11.9 Å². The number of aromatic nitrogens is 1. The lowest BCUT2D eigenvalue weighted by molar-refractivity contribution is 0.278. The molecule has 0 radical (unpaired) electrons. The van der Waals surface area contributed by atoms with Crippen LogP contribution in [0.3, 0.4) is 0 Å². The summed E-state index contributed by atoms with van der Waals surface area (Å²) in [5.74, 6) is 1.52. The quantitative estimate of drug-likeness (QED) is 0.655. The normalized spacial score (nSPS) is 23.9. The highest BCUT2D eigenvalue weighted by Gasteiger charge is 2.45. The Kier molecular flexibility index (Phi) is 5.32. The van der Waals surface area contributed by atoms with Crippen molar-refractivity contribution >= 4 is 32.9 Å². The Morgan fingerprint density at radius 3 is 2.89 bits per heavy atom. The van der Waals surface area contributed by atoms with Crippen molar-refractivity contribution in [3.8, 4) is 11.5 Å². The Balaban J connectivity index is 1.86. The van der Waals surface area contributed by atoms with Gasteiger partial charge in [-0.3, -0.25) is 9.98 Å². The number of rotatable bonds is 5. The summed E-state index contributed by atoms with van der Waals surface area (Å²) >= 11 is 5.47. The maximum atomic E-state index is 6.04. The minimum Gasteiger partial charge on any atom is -0.493 e. The molecule has 0 spiro atoms. The molecule has 1 aromatic carbocycles. The first-order valence-corrected chi connectivity index (χ1v) is 10.7. The van der Waals surface area contributed by atoms with Crippen LogP contribution in [0, 0.1) is 0 Å². The zero-order chi connectivity index (χ0) is 19.0. The van der Waals surface area contributed by atoms with Gasteiger partial charge in [0.15, 0.2) is 16.7 Å². The van der Waals surface area contributed by atoms with Crippen LogP contribution in [0.5, 0.6) is 11.5 Å². The molecule has 1 aromatic heterocycles. The first-order chi connectivity index (χ1) is 13.1. The second-order valence-corrected chi connectivity index (χ2v) is 8.92. The van der Waals surface area contributed by atoms with Gasteiger partial charge in [-0.1, -0.05) is 40.7 Å². The predicted octanol–water partition coefficient (Wildman–Crippen LogP) is 4.84. The van der Waals surface area contributed by atoms with Gasteiger partial charge in [-0.15, -0.1) is 0 Å². The summed E-state index contributed by atoms with van der Waals surface area (Å²) < 4.78 is 12.6. The highest BCUT2D eigenvalue weighted by Crippen LogP contribution is 2.51. The van der Waals surface area contributed by atoms with Crippen LogP contribution in [0.1, 0.15) is 37.2 Å². The first-order valence-electron chi connectivity index (χ1n) is 9.04. The third kappa shape index (κ3) is 3.43. The standard InChI is InChI=1S/C20H22BrN3O2S/c1-4-26-19-14(9-13(21)10-16(19)25-3)18-17(15-7-5-6-8-22-15)23-20-24(18)11-12(2)27-20/h5-10,12,17-18H,4,11H2,1-3H3/t12-,17+,18-/m0/s1. The van der Waals surface area contributed by atoms with Crippen LogP contribution in [0.25, 0.3) is 0 Å². The summed E-state index contributed by atoms with van der Waals surface area (Å²) in [4.78, 5) is 12.0. The number of pyridine rings is 1. The number of hydrogen-bond donors (Lipinski definition) is 0. The number of halogens is 1. The lowest BCUT2D eigenvalue weighted by Crippen LogP contribution is -2.29. The van der Waals surface area contributed by atoms with E-state index in [4.69, 9.17) is 14.5 Å². The van der Waals surface area contributed by atoms with Gasteiger partial charge in [-0.05, 0) is 31.2 Å². The Labute approximate surface area is 172 Å². The number of nitrogens with zero attached hydrogens (tertiary/aromatic N) is 3. The molecule has 2 aliphatic rings. The van der Waals surface area contributed by atoms with Crippen molar-refractivity contribution in [1.82, 2.24) is 9.88 Å². The van der Waals surface area contributed by atoms with Crippen molar-refractivity contribution in [3.05, 3.63) is 52.3 Å². The SMILES string of the molecule is CCOc1c(OC)cc(Br)cc1[C@H]1[C@@H](c2ccccn2)N=C2S[C@@H](C)CN21. The van der Waals surface area contributed by atoms with Crippen molar-refractivity contribution in [3.63, 3.8) is 0 Å². The monoisotopic (exact) mass is 447 g/mol. The number of ether oxygens (including phenoxy) is 2. The first kappa shape index (κ1) is 18.6. The topological polar surface area (TPSA) is 47.0 Å². The van der Waals surface area contributed by atoms with E-state index in [9.17, 15) is 0 Å². The van der Waals surface area contributed by atoms with Crippen molar-refractivity contribution in [2.24, 2.45) is 4.99 Å². The van der Waals surface area contributed by atoms with Crippen LogP contribution in [0.2, 0.25) is 0 Å². The van der Waals surface area contributed by atoms with Crippen LogP contribution in [0.4, 0.5) is 0 Å². The van der Waals surface area contributed by atoms with Gasteiger partial charge in [0, 0.05) is 28.0 Å². The number of benzene rings is 1. The minimum absolute atomic E-state index is 0.0281. The van der Waals surface area contributed by atoms with Gasteiger partial charge in [0.05, 0.1) is 25.5 Å². The van der Waals surface area contributed by atoms with E-state index in [2.05, 4.69) is 38.8 Å². The van der Waals surface area contributed by atoms with E-state index in [0.717, 1.165) is 38.9 Å². The molecule has 0 aliphatic carbocycles. The number of hydrogen-bond acceptors (Lipinski definition) is 6. The molecule has 0 saturated carbocycles. The lowest BCUT2D eigenvalue weighted by atomic mass is 9.95. The van der Waals surface area contributed by atoms with Crippen LogP contribution >= 0.6 is 27.7 Å². The number of thioether (sulfide) groups is 1. The molecule has 2 aliphatic heterocycles. The molecule has 3 heterocycles. The summed E-state index contributed by atoms with van der Waals surface area (Å²) in [6.45, 7) is 5.76. The molecule has 0 amide bonds. The summed E-state index contributed by atoms with van der Waals surface area (Å²) in [5, 5.41) is 1.60. The third-order valence-electron chi connectivity index (χ3n) is 4.76. The van der Waals surface area contributed by atoms with Gasteiger partial charge in [0.2, 0.25) is 0 Å². The molecule has 0 unspecified atom stereocenters. The highest BCUT2D eigenvalue weighted by molar-refractivity contribution is 9.10. The van der Waals surface area contributed by atoms with Gasteiger partial charge in [-0.2, -0.15) is 0 Å². The maximum Gasteiger partial charge on any atom is 0.166 e. The van der Waals surface area contributed by atoms with Gasteiger partial charge >= 0.3 is 0 Å². The van der Waals surface area contributed by atoms with E-state index < -0.39 is 0 Å². The molecule has 3 atom stereocenters. The third-order valence-corrected chi connectivity index (χ3v) is 6.32. The Morgan fingerprint density at radius 1 is 1.33 bits per heavy atom. The highest BCUT2D eigenvalue weighted by atomic mass is 79.9. The molecule has 0 N–H and O–H groups in total. The fourth-order valence-electron chi connectivity index (χ4n) is 3.71. The maximum absolute atomic E-state index is 6.04. The second-order valence-electron chi connectivity index (χ2n) is 6.60. The molecule has 1 fully saturated rings. The van der Waals surface area contributed by atoms with E-state index >= 15 is 0 Å². The fourth-order valence-corrected chi connectivity index (χ4v) is 5.26. The van der Waals surface area contributed by atoms with E-state index in [-0.39, 0.29) is 12.1 Å². The average Bonchev–Trinajstić information content (AvgIpc) is 3.19. The van der Waals surface area contributed by atoms with Gasteiger partial charge in [0.25, 0.3) is 0 Å². The number of aliphatic imine (C=N–C) groups is 1. The fraction of sp³-hybridized carbons (Fsp3) is 0.400. The van der Waals surface area contributed by atoms with Crippen molar-refractivity contribution in [1.29, 1.82) is 0 Å². The lowest BCUT2D eigenvalue weighted by Gasteiger charge is -2.29. The molecule has 4 rings (SSSR count). The van der Waals surface area contributed by atoms with Crippen molar-refractivity contribution < 1.29 is 9.47 Å². The molecule has 27 heavy (non-hydrogen) atoms. The Bertz CT molecular complexity index is 862. The molecule has 1 saturated heterocycles. The van der Waals surface area contributed by atoms with Gasteiger partial charge < -0.3 is 14.4 Å². The molecular weight excluding hydrogens is 426 g/mol. The number of amidine groups is 1. The smallest absolute Gasteiger partial charge is 0.166 e. The van der Waals surface area contributed by atoms with Crippen molar-refractivity contribution in [2.75, 3.05) is 20.3 Å². The Hall–Kier alpha value is -1.73. The van der Waals surface area contributed by atoms with E-state index in [1.54, 1.807) is 7.11 Å². The minimum atomic E-state index is -0.0700. The Morgan fingerprint density at radius 2 is 2.19 bits per heavy atom. The average molecular weight is 448 g/mol. The summed E-state index contributed by atoms with van der Waals surface area (Å²) in [6, 6.07) is 10.0. The predicted molar refractivity (Wildman–Crippen MR) is 113 cm³/mol. The summed E-state index contributed by atoms with van der Waals surface area (Å²) in [7, 11) is 1.68. The molecule has 0 bridgehead atoms. The number of fused-ring (bicyclic) bond motifs is 1. The molecule has 142 valence electrons. The van der Waals surface area contributed by atoms with Gasteiger partial charge in [0.1, 0.15) is 6.04 Å². The summed E-state index contributed by atoms with van der Waals surface area (Å²) in [5.41, 5.74) is 2.05. The van der Waals surface area contributed by atoms with Crippen LogP contribution < -0.4 is 9.47 Å². The molecule has 5 nitrogen and oxygen atoms in total. The second kappa shape index (κ2) is 7.72. The van der Waals surface area contributed by atoms with E-state index in [1.807, 2.05) is 49.1 Å². The van der Waals surface area contributed by atoms with Crippen LogP contribution in [-0.2, 0) is 0 Å². The zero-order valence-corrected chi connectivity index (χ0v) is 18.0. The van der Waals surface area contributed by atoms with Crippen LogP contribution in [-0.4, -0.2) is 40.6 Å². The van der Waals surface area contributed by atoms with Crippen LogP contribution in [0.15, 0.2) is 46.0 Å². The molecular formula is C20H22BrN3O2S. The van der Waals surface area contributed by atoms with Crippen molar-refractivity contribution in [2.45, 2.75) is 31.2 Å². The zero-order valence-electron chi connectivity index (χ0n) is 15.6. The molecule has 7 heteroatoms. The van der Waals surface area contributed by atoms with E-state index in [1.165, 1.54) is 0 Å². The molecule has 2 aromatic rings. The summed E-state index contributed by atoms with van der Waals surface area (Å²) in [6.07, 6.45) is 1.83. The largest absolute Gasteiger partial charge is 0.493 e.